The average Bonchev–Trinajstić information content (AvgIpc) is 2.84. The minimum atomic E-state index is -0.116. The van der Waals surface area contributed by atoms with Gasteiger partial charge in [0.25, 0.3) is 5.91 Å². The number of ether oxygens (including phenoxy) is 1. The van der Waals surface area contributed by atoms with Crippen molar-refractivity contribution in [1.29, 1.82) is 0 Å². The summed E-state index contributed by atoms with van der Waals surface area (Å²) in [5.74, 6) is 0.680. The summed E-state index contributed by atoms with van der Waals surface area (Å²) in [5.41, 5.74) is 4.76. The lowest BCUT2D eigenvalue weighted by molar-refractivity contribution is 0.102. The number of anilines is 1. The summed E-state index contributed by atoms with van der Waals surface area (Å²) >= 11 is 0. The topological polar surface area (TPSA) is 54.1 Å². The minimum absolute atomic E-state index is 0.116. The van der Waals surface area contributed by atoms with Crippen molar-refractivity contribution in [3.8, 4) is 5.75 Å². The number of aromatic amines is 1. The number of aromatic nitrogens is 1. The highest BCUT2D eigenvalue weighted by Crippen LogP contribution is 2.23. The van der Waals surface area contributed by atoms with E-state index in [0.29, 0.717) is 12.2 Å². The highest BCUT2D eigenvalue weighted by Gasteiger charge is 2.10. The minimum Gasteiger partial charge on any atom is -0.494 e. The molecule has 0 aliphatic rings. The molecule has 0 atom stereocenters. The van der Waals surface area contributed by atoms with Gasteiger partial charge in [0.2, 0.25) is 0 Å². The molecule has 0 radical (unpaired) electrons. The number of amides is 1. The second-order valence-corrected chi connectivity index (χ2v) is 5.55. The second-order valence-electron chi connectivity index (χ2n) is 5.55. The monoisotopic (exact) mass is 308 g/mol. The Morgan fingerprint density at radius 2 is 1.87 bits per heavy atom. The van der Waals surface area contributed by atoms with Crippen molar-refractivity contribution in [3.63, 3.8) is 0 Å². The molecule has 0 aliphatic carbocycles. The Labute approximate surface area is 135 Å². The molecule has 1 heterocycles. The highest BCUT2D eigenvalue weighted by atomic mass is 16.5. The zero-order valence-electron chi connectivity index (χ0n) is 13.6. The summed E-state index contributed by atoms with van der Waals surface area (Å²) in [7, 11) is 0. The number of hydrogen-bond donors (Lipinski definition) is 2. The lowest BCUT2D eigenvalue weighted by Gasteiger charge is -2.07. The van der Waals surface area contributed by atoms with Crippen molar-refractivity contribution in [3.05, 3.63) is 59.3 Å². The Hall–Kier alpha value is -2.75. The normalized spacial score (nSPS) is 10.7. The summed E-state index contributed by atoms with van der Waals surface area (Å²) < 4.78 is 5.40. The first-order chi connectivity index (χ1) is 11.1. The van der Waals surface area contributed by atoms with Crippen LogP contribution in [0, 0.1) is 13.8 Å². The Kier molecular flexibility index (Phi) is 4.06. The van der Waals surface area contributed by atoms with Crippen LogP contribution < -0.4 is 10.1 Å². The van der Waals surface area contributed by atoms with Gasteiger partial charge in [0.15, 0.2) is 0 Å². The van der Waals surface area contributed by atoms with Gasteiger partial charge in [-0.25, -0.2) is 0 Å². The van der Waals surface area contributed by atoms with Crippen LogP contribution in [0.1, 0.15) is 28.5 Å². The summed E-state index contributed by atoms with van der Waals surface area (Å²) in [5, 5.41) is 4.00. The second kappa shape index (κ2) is 6.16. The van der Waals surface area contributed by atoms with Gasteiger partial charge in [-0.05, 0) is 68.8 Å². The quantitative estimate of drug-likeness (QED) is 0.749. The van der Waals surface area contributed by atoms with E-state index in [4.69, 9.17) is 4.74 Å². The van der Waals surface area contributed by atoms with Gasteiger partial charge < -0.3 is 15.0 Å². The summed E-state index contributed by atoms with van der Waals surface area (Å²) in [6, 6.07) is 13.1. The maximum Gasteiger partial charge on any atom is 0.255 e. The van der Waals surface area contributed by atoms with E-state index in [9.17, 15) is 4.79 Å². The van der Waals surface area contributed by atoms with E-state index in [1.54, 1.807) is 0 Å². The van der Waals surface area contributed by atoms with Gasteiger partial charge in [-0.3, -0.25) is 4.79 Å². The zero-order chi connectivity index (χ0) is 16.4. The standard InChI is InChI=1S/C19H20N2O2/c1-4-23-16-8-6-15(7-9-16)21-19(22)14-5-10-18-17(11-14)12(2)13(3)20-18/h5-11,20H,4H2,1-3H3,(H,21,22). The number of fused-ring (bicyclic) bond motifs is 1. The van der Waals surface area contributed by atoms with Gasteiger partial charge in [-0.2, -0.15) is 0 Å². The summed E-state index contributed by atoms with van der Waals surface area (Å²) in [6.07, 6.45) is 0. The fourth-order valence-electron chi connectivity index (χ4n) is 2.61. The van der Waals surface area contributed by atoms with Crippen LogP contribution in [-0.4, -0.2) is 17.5 Å². The third kappa shape index (κ3) is 3.06. The number of rotatable bonds is 4. The third-order valence-corrected chi connectivity index (χ3v) is 3.99. The molecule has 0 bridgehead atoms. The number of nitrogens with one attached hydrogen (secondary N) is 2. The van der Waals surface area contributed by atoms with Crippen LogP contribution in [0.2, 0.25) is 0 Å². The van der Waals surface area contributed by atoms with Crippen molar-refractivity contribution < 1.29 is 9.53 Å². The Morgan fingerprint density at radius 3 is 2.57 bits per heavy atom. The molecule has 0 saturated carbocycles. The van der Waals surface area contributed by atoms with E-state index in [0.717, 1.165) is 28.0 Å². The van der Waals surface area contributed by atoms with Crippen LogP contribution in [0.5, 0.6) is 5.75 Å². The van der Waals surface area contributed by atoms with E-state index >= 15 is 0 Å². The molecule has 3 aromatic rings. The molecular weight excluding hydrogens is 288 g/mol. The number of carbonyl (C=O) groups excluding carboxylic acids is 1. The molecule has 2 aromatic carbocycles. The van der Waals surface area contributed by atoms with E-state index in [-0.39, 0.29) is 5.91 Å². The number of benzene rings is 2. The maximum absolute atomic E-state index is 12.4. The molecule has 0 spiro atoms. The van der Waals surface area contributed by atoms with Crippen LogP contribution in [0.25, 0.3) is 10.9 Å². The third-order valence-electron chi connectivity index (χ3n) is 3.99. The van der Waals surface area contributed by atoms with E-state index in [1.807, 2.05) is 56.3 Å². The fraction of sp³-hybridized carbons (Fsp3) is 0.211. The van der Waals surface area contributed by atoms with E-state index < -0.39 is 0 Å². The van der Waals surface area contributed by atoms with Crippen molar-refractivity contribution in [2.24, 2.45) is 0 Å². The summed E-state index contributed by atoms with van der Waals surface area (Å²) in [6.45, 7) is 6.66. The Bertz CT molecular complexity index is 848. The number of aryl methyl sites for hydroxylation is 2. The van der Waals surface area contributed by atoms with Crippen molar-refractivity contribution in [2.75, 3.05) is 11.9 Å². The van der Waals surface area contributed by atoms with E-state index in [2.05, 4.69) is 17.2 Å². The number of H-pyrrole nitrogens is 1. The smallest absolute Gasteiger partial charge is 0.255 e. The van der Waals surface area contributed by atoms with Crippen LogP contribution in [-0.2, 0) is 0 Å². The van der Waals surface area contributed by atoms with Crippen molar-refractivity contribution in [1.82, 2.24) is 4.98 Å². The first-order valence-electron chi connectivity index (χ1n) is 7.71. The molecular formula is C19H20N2O2. The van der Waals surface area contributed by atoms with Gasteiger partial charge in [0.05, 0.1) is 6.61 Å². The molecule has 1 aromatic heterocycles. The Morgan fingerprint density at radius 1 is 1.13 bits per heavy atom. The molecule has 0 aliphatic heterocycles. The summed E-state index contributed by atoms with van der Waals surface area (Å²) in [4.78, 5) is 15.7. The van der Waals surface area contributed by atoms with Gasteiger partial charge in [0.1, 0.15) is 5.75 Å². The molecule has 0 unspecified atom stereocenters. The molecule has 0 saturated heterocycles. The number of carbonyl (C=O) groups is 1. The molecule has 1 amide bonds. The van der Waals surface area contributed by atoms with Crippen molar-refractivity contribution in [2.45, 2.75) is 20.8 Å². The fourth-order valence-corrected chi connectivity index (χ4v) is 2.61. The van der Waals surface area contributed by atoms with Gasteiger partial charge in [0, 0.05) is 27.8 Å². The Balaban J connectivity index is 1.81. The maximum atomic E-state index is 12.4. The van der Waals surface area contributed by atoms with Crippen molar-refractivity contribution >= 4 is 22.5 Å². The average molecular weight is 308 g/mol. The molecule has 4 nitrogen and oxygen atoms in total. The SMILES string of the molecule is CCOc1ccc(NC(=O)c2ccc3[nH]c(C)c(C)c3c2)cc1. The molecule has 118 valence electrons. The van der Waals surface area contributed by atoms with Gasteiger partial charge in [-0.1, -0.05) is 0 Å². The number of hydrogen-bond acceptors (Lipinski definition) is 2. The first-order valence-corrected chi connectivity index (χ1v) is 7.71. The lowest BCUT2D eigenvalue weighted by atomic mass is 10.1. The highest BCUT2D eigenvalue weighted by molar-refractivity contribution is 6.06. The predicted molar refractivity (Wildman–Crippen MR) is 93.3 cm³/mol. The molecule has 3 rings (SSSR count). The lowest BCUT2D eigenvalue weighted by Crippen LogP contribution is -2.11. The van der Waals surface area contributed by atoms with Gasteiger partial charge in [-0.15, -0.1) is 0 Å². The molecule has 0 fully saturated rings. The molecule has 4 heteroatoms. The van der Waals surface area contributed by atoms with Gasteiger partial charge >= 0.3 is 0 Å². The predicted octanol–water partition coefficient (Wildman–Crippen LogP) is 4.44. The van der Waals surface area contributed by atoms with E-state index in [1.165, 1.54) is 5.56 Å². The molecule has 23 heavy (non-hydrogen) atoms. The van der Waals surface area contributed by atoms with Crippen LogP contribution in [0.4, 0.5) is 5.69 Å². The molecule has 2 N–H and O–H groups in total. The zero-order valence-corrected chi connectivity index (χ0v) is 13.6. The van der Waals surface area contributed by atoms with Crippen LogP contribution >= 0.6 is 0 Å². The largest absolute Gasteiger partial charge is 0.494 e. The van der Waals surface area contributed by atoms with Crippen LogP contribution in [0.3, 0.4) is 0 Å². The van der Waals surface area contributed by atoms with Crippen LogP contribution in [0.15, 0.2) is 42.5 Å². The first kappa shape index (κ1) is 15.2.